The number of carbonyl (C=O) groups is 2. The van der Waals surface area contributed by atoms with Crippen LogP contribution in [0.4, 0.5) is 11.5 Å². The van der Waals surface area contributed by atoms with Crippen molar-refractivity contribution >= 4 is 61.2 Å². The number of anilines is 2. The Kier molecular flexibility index (Phi) is 10.0. The molecule has 10 nitrogen and oxygen atoms in total. The molecule has 0 saturated carbocycles. The van der Waals surface area contributed by atoms with Gasteiger partial charge in [-0.25, -0.2) is 4.98 Å². The second-order valence-corrected chi connectivity index (χ2v) is 10.4. The molecule has 1 aromatic carbocycles. The number of likely N-dealkylation sites (tertiary alicyclic amines) is 1. The first-order valence-corrected chi connectivity index (χ1v) is 12.9. The molecule has 35 heavy (non-hydrogen) atoms. The van der Waals surface area contributed by atoms with Crippen molar-refractivity contribution in [3.8, 4) is 5.75 Å². The number of halogens is 2. The van der Waals surface area contributed by atoms with E-state index < -0.39 is 22.1 Å². The van der Waals surface area contributed by atoms with Crippen molar-refractivity contribution in [1.29, 1.82) is 0 Å². The van der Waals surface area contributed by atoms with Crippen LogP contribution in [-0.4, -0.2) is 53.8 Å². The quantitative estimate of drug-likeness (QED) is 0.397. The van der Waals surface area contributed by atoms with Gasteiger partial charge in [0.25, 0.3) is 5.91 Å². The highest BCUT2D eigenvalue weighted by atomic mass is 79.9. The standard InChI is InChI=1S/C21H24BrClN4O6S.CH4/c1-12(2)27-7-5-13(6-8-27)20(28)26-19-16(9-14(22)10-17(19)33-34(30,31)32)21(29)25-18-4-3-15(23)11-24-18;/h3-4,9-13H,5-8H2,1-2H3,(H,26,28)(H,24,25,29)(H,30,31,32);1H4. The van der Waals surface area contributed by atoms with Crippen molar-refractivity contribution in [1.82, 2.24) is 9.88 Å². The number of pyridine rings is 1. The first-order chi connectivity index (χ1) is 15.9. The third-order valence-electron chi connectivity index (χ3n) is 5.35. The molecule has 13 heteroatoms. The van der Waals surface area contributed by atoms with Gasteiger partial charge in [-0.1, -0.05) is 35.0 Å². The van der Waals surface area contributed by atoms with Crippen LogP contribution in [0.1, 0.15) is 44.5 Å². The van der Waals surface area contributed by atoms with Gasteiger partial charge in [0, 0.05) is 22.6 Å². The van der Waals surface area contributed by atoms with E-state index in [1.165, 1.54) is 30.5 Å². The molecule has 1 aromatic heterocycles. The summed E-state index contributed by atoms with van der Waals surface area (Å²) in [5, 5.41) is 5.57. The lowest BCUT2D eigenvalue weighted by molar-refractivity contribution is -0.121. The molecule has 1 saturated heterocycles. The Morgan fingerprint density at radius 1 is 1.23 bits per heavy atom. The zero-order valence-corrected chi connectivity index (χ0v) is 21.6. The Hall–Kier alpha value is -2.25. The lowest BCUT2D eigenvalue weighted by atomic mass is 9.95. The summed E-state index contributed by atoms with van der Waals surface area (Å²) in [6.45, 7) is 5.64. The first kappa shape index (κ1) is 29.0. The molecule has 0 radical (unpaired) electrons. The normalized spacial score (nSPS) is 14.8. The average molecular weight is 592 g/mol. The van der Waals surface area contributed by atoms with E-state index in [4.69, 9.17) is 11.6 Å². The number of carbonyl (C=O) groups excluding carboxylic acids is 2. The topological polar surface area (TPSA) is 138 Å². The van der Waals surface area contributed by atoms with Crippen LogP contribution in [0.2, 0.25) is 5.02 Å². The predicted octanol–water partition coefficient (Wildman–Crippen LogP) is 4.63. The van der Waals surface area contributed by atoms with Gasteiger partial charge >= 0.3 is 10.4 Å². The van der Waals surface area contributed by atoms with E-state index in [2.05, 4.69) is 54.5 Å². The van der Waals surface area contributed by atoms with Crippen LogP contribution in [0, 0.1) is 5.92 Å². The smallest absolute Gasteiger partial charge is 0.359 e. The van der Waals surface area contributed by atoms with Gasteiger partial charge in [0.2, 0.25) is 5.91 Å². The summed E-state index contributed by atoms with van der Waals surface area (Å²) < 4.78 is 37.0. The third kappa shape index (κ3) is 8.14. The average Bonchev–Trinajstić information content (AvgIpc) is 2.75. The monoisotopic (exact) mass is 590 g/mol. The Bertz CT molecular complexity index is 1170. The summed E-state index contributed by atoms with van der Waals surface area (Å²) in [7, 11) is -4.94. The van der Waals surface area contributed by atoms with Gasteiger partial charge < -0.3 is 19.7 Å². The van der Waals surface area contributed by atoms with Gasteiger partial charge in [-0.2, -0.15) is 8.42 Å². The maximum atomic E-state index is 13.0. The van der Waals surface area contributed by atoms with E-state index in [-0.39, 0.29) is 40.8 Å². The number of aromatic nitrogens is 1. The molecule has 1 aliphatic rings. The molecule has 0 atom stereocenters. The number of amides is 2. The summed E-state index contributed by atoms with van der Waals surface area (Å²) in [5.41, 5.74) is -0.290. The highest BCUT2D eigenvalue weighted by Crippen LogP contribution is 2.35. The summed E-state index contributed by atoms with van der Waals surface area (Å²) in [5.74, 6) is -1.65. The van der Waals surface area contributed by atoms with Crippen molar-refractivity contribution in [2.24, 2.45) is 5.92 Å². The van der Waals surface area contributed by atoms with Gasteiger partial charge in [0.05, 0.1) is 16.3 Å². The molecule has 0 unspecified atom stereocenters. The number of nitrogens with zero attached hydrogens (tertiary/aromatic N) is 2. The second kappa shape index (κ2) is 12.1. The van der Waals surface area contributed by atoms with Crippen molar-refractivity contribution in [3.05, 3.63) is 45.5 Å². The molecule has 0 bridgehead atoms. The minimum absolute atomic E-state index is 0. The van der Waals surface area contributed by atoms with Crippen LogP contribution >= 0.6 is 27.5 Å². The molecule has 0 spiro atoms. The lowest BCUT2D eigenvalue weighted by Gasteiger charge is -2.34. The second-order valence-electron chi connectivity index (χ2n) is 8.05. The van der Waals surface area contributed by atoms with E-state index in [9.17, 15) is 22.6 Å². The number of benzene rings is 1. The van der Waals surface area contributed by atoms with Crippen LogP contribution in [0.5, 0.6) is 5.75 Å². The van der Waals surface area contributed by atoms with Crippen molar-refractivity contribution in [3.63, 3.8) is 0 Å². The van der Waals surface area contributed by atoms with Crippen LogP contribution in [-0.2, 0) is 15.2 Å². The molecule has 1 aliphatic heterocycles. The van der Waals surface area contributed by atoms with Crippen molar-refractivity contribution in [2.45, 2.75) is 40.2 Å². The van der Waals surface area contributed by atoms with Gasteiger partial charge in [-0.3, -0.25) is 14.1 Å². The summed E-state index contributed by atoms with van der Waals surface area (Å²) in [6, 6.07) is 5.99. The van der Waals surface area contributed by atoms with Crippen LogP contribution in [0.15, 0.2) is 34.9 Å². The first-order valence-electron chi connectivity index (χ1n) is 10.4. The SMILES string of the molecule is C.CC(C)N1CCC(C(=O)Nc2c(OS(=O)(=O)O)cc(Br)cc2C(=O)Nc2ccc(Cl)cn2)CC1. The minimum Gasteiger partial charge on any atom is -0.359 e. The number of rotatable bonds is 7. The molecule has 192 valence electrons. The van der Waals surface area contributed by atoms with Crippen LogP contribution in [0.3, 0.4) is 0 Å². The van der Waals surface area contributed by atoms with E-state index in [0.717, 1.165) is 13.1 Å². The van der Waals surface area contributed by atoms with Gasteiger partial charge in [-0.05, 0) is 64.0 Å². The summed E-state index contributed by atoms with van der Waals surface area (Å²) >= 11 is 9.02. The minimum atomic E-state index is -4.94. The lowest BCUT2D eigenvalue weighted by Crippen LogP contribution is -2.41. The Morgan fingerprint density at radius 2 is 1.89 bits per heavy atom. The fourth-order valence-electron chi connectivity index (χ4n) is 3.61. The summed E-state index contributed by atoms with van der Waals surface area (Å²) in [6.07, 6.45) is 2.55. The Labute approximate surface area is 218 Å². The molecule has 1 fully saturated rings. The molecule has 3 N–H and O–H groups in total. The van der Waals surface area contributed by atoms with Gasteiger partial charge in [-0.15, -0.1) is 0 Å². The largest absolute Gasteiger partial charge is 0.446 e. The highest BCUT2D eigenvalue weighted by molar-refractivity contribution is 9.10. The van der Waals surface area contributed by atoms with Gasteiger partial charge in [0.1, 0.15) is 5.82 Å². The molecule has 3 rings (SSSR count). The molecule has 2 aromatic rings. The Morgan fingerprint density at radius 3 is 2.43 bits per heavy atom. The molecular formula is C22H28BrClN4O6S. The number of piperidine rings is 1. The fraction of sp³-hybridized carbons (Fsp3) is 0.409. The van der Waals surface area contributed by atoms with Crippen molar-refractivity contribution < 1.29 is 26.7 Å². The van der Waals surface area contributed by atoms with E-state index in [0.29, 0.717) is 23.9 Å². The predicted molar refractivity (Wildman–Crippen MR) is 138 cm³/mol. The third-order valence-corrected chi connectivity index (χ3v) is 6.43. The zero-order chi connectivity index (χ0) is 25.0. The maximum absolute atomic E-state index is 13.0. The highest BCUT2D eigenvalue weighted by Gasteiger charge is 2.29. The molecular weight excluding hydrogens is 564 g/mol. The summed E-state index contributed by atoms with van der Waals surface area (Å²) in [4.78, 5) is 32.3. The van der Waals surface area contributed by atoms with E-state index in [1.807, 2.05) is 0 Å². The fourth-order valence-corrected chi connectivity index (χ4v) is 4.51. The van der Waals surface area contributed by atoms with Crippen molar-refractivity contribution in [2.75, 3.05) is 23.7 Å². The van der Waals surface area contributed by atoms with Crippen LogP contribution < -0.4 is 14.8 Å². The zero-order valence-electron chi connectivity index (χ0n) is 18.4. The number of hydrogen-bond acceptors (Lipinski definition) is 7. The maximum Gasteiger partial charge on any atom is 0.446 e. The molecule has 2 heterocycles. The molecule has 2 amide bonds. The molecule has 0 aliphatic carbocycles. The number of hydrogen-bond donors (Lipinski definition) is 3. The van der Waals surface area contributed by atoms with E-state index in [1.54, 1.807) is 0 Å². The van der Waals surface area contributed by atoms with E-state index >= 15 is 0 Å². The van der Waals surface area contributed by atoms with Crippen LogP contribution in [0.25, 0.3) is 0 Å². The Balaban J connectivity index is 0.00000432. The number of nitrogens with one attached hydrogen (secondary N) is 2. The van der Waals surface area contributed by atoms with Gasteiger partial charge in [0.15, 0.2) is 5.75 Å².